The summed E-state index contributed by atoms with van der Waals surface area (Å²) < 4.78 is 8.42. The van der Waals surface area contributed by atoms with Crippen molar-refractivity contribution in [2.75, 3.05) is 6.61 Å². The number of carbonyl (C=O) groups excluding carboxylic acids is 1. The largest absolute Gasteiger partial charge is 0.368 e. The normalized spacial score (nSPS) is 20.7. The Morgan fingerprint density at radius 1 is 1.19 bits per heavy atom. The van der Waals surface area contributed by atoms with Crippen LogP contribution in [0.2, 0.25) is 0 Å². The van der Waals surface area contributed by atoms with Crippen LogP contribution in [0.15, 0.2) is 54.6 Å². The summed E-state index contributed by atoms with van der Waals surface area (Å²) in [5.41, 5.74) is 9.81. The molecule has 0 fully saturated rings. The summed E-state index contributed by atoms with van der Waals surface area (Å²) >= 11 is 0. The van der Waals surface area contributed by atoms with Crippen LogP contribution < -0.4 is 5.73 Å². The number of ether oxygens (including phenoxy) is 1. The molecule has 3 aromatic rings. The van der Waals surface area contributed by atoms with Gasteiger partial charge in [0.1, 0.15) is 11.6 Å². The molecule has 2 atom stereocenters. The second-order valence-electron chi connectivity index (χ2n) is 7.28. The van der Waals surface area contributed by atoms with E-state index in [1.807, 2.05) is 37.3 Å². The Bertz CT molecular complexity index is 961. The molecule has 1 aromatic heterocycles. The molecule has 2 N–H and O–H groups in total. The highest BCUT2D eigenvalue weighted by Crippen LogP contribution is 2.42. The number of fused-ring (bicyclic) bond motifs is 3. The van der Waals surface area contributed by atoms with Crippen molar-refractivity contribution in [3.8, 4) is 0 Å². The molecular formula is C22H24N2O2. The summed E-state index contributed by atoms with van der Waals surface area (Å²) in [5.74, 6) is -0.332. The molecule has 4 rings (SSSR count). The Kier molecular flexibility index (Phi) is 4.08. The molecule has 0 aliphatic carbocycles. The minimum atomic E-state index is -0.502. The lowest BCUT2D eigenvalue weighted by molar-refractivity contribution is -0.121. The van der Waals surface area contributed by atoms with Crippen LogP contribution in [0.1, 0.15) is 36.7 Å². The second kappa shape index (κ2) is 6.29. The fraction of sp³-hybridized carbons (Fsp3) is 0.318. The molecule has 0 spiro atoms. The van der Waals surface area contributed by atoms with Gasteiger partial charge in [-0.15, -0.1) is 0 Å². The van der Waals surface area contributed by atoms with Crippen molar-refractivity contribution >= 4 is 16.8 Å². The smallest absolute Gasteiger partial charge is 0.240 e. The van der Waals surface area contributed by atoms with E-state index in [0.29, 0.717) is 6.61 Å². The highest BCUT2D eigenvalue weighted by molar-refractivity contribution is 5.89. The third-order valence-corrected chi connectivity index (χ3v) is 5.47. The average molecular weight is 348 g/mol. The van der Waals surface area contributed by atoms with Gasteiger partial charge in [0.05, 0.1) is 12.3 Å². The number of aromatic nitrogens is 1. The first kappa shape index (κ1) is 16.9. The number of nitrogens with two attached hydrogens (primary N) is 1. The van der Waals surface area contributed by atoms with Gasteiger partial charge < -0.3 is 15.0 Å². The summed E-state index contributed by atoms with van der Waals surface area (Å²) in [4.78, 5) is 12.1. The molecule has 1 aliphatic rings. The quantitative estimate of drug-likeness (QED) is 0.781. The minimum Gasteiger partial charge on any atom is -0.368 e. The minimum absolute atomic E-state index is 0.332. The lowest BCUT2D eigenvalue weighted by atomic mass is 9.87. The van der Waals surface area contributed by atoms with Crippen LogP contribution in [0.5, 0.6) is 0 Å². The van der Waals surface area contributed by atoms with Crippen LogP contribution in [0.4, 0.5) is 0 Å². The SMILES string of the molecule is CC(C(N)=O)n1c2c(c3ccccc31)CCOC2(C)Cc1ccccc1. The molecule has 2 heterocycles. The molecule has 134 valence electrons. The van der Waals surface area contributed by atoms with E-state index < -0.39 is 11.6 Å². The van der Waals surface area contributed by atoms with Crippen molar-refractivity contribution in [1.82, 2.24) is 4.57 Å². The van der Waals surface area contributed by atoms with E-state index in [-0.39, 0.29) is 5.91 Å². The third-order valence-electron chi connectivity index (χ3n) is 5.47. The van der Waals surface area contributed by atoms with E-state index >= 15 is 0 Å². The summed E-state index contributed by atoms with van der Waals surface area (Å²) in [6.45, 7) is 4.67. The molecule has 2 aromatic carbocycles. The number of hydrogen-bond donors (Lipinski definition) is 1. The lowest BCUT2D eigenvalue weighted by Gasteiger charge is -2.37. The molecule has 0 saturated carbocycles. The maximum absolute atomic E-state index is 12.1. The van der Waals surface area contributed by atoms with Crippen LogP contribution in [0.25, 0.3) is 10.9 Å². The van der Waals surface area contributed by atoms with E-state index in [0.717, 1.165) is 24.1 Å². The molecule has 1 aliphatic heterocycles. The fourth-order valence-corrected chi connectivity index (χ4v) is 4.26. The monoisotopic (exact) mass is 348 g/mol. The van der Waals surface area contributed by atoms with Crippen molar-refractivity contribution in [2.24, 2.45) is 5.73 Å². The number of rotatable bonds is 4. The van der Waals surface area contributed by atoms with Crippen LogP contribution in [-0.2, 0) is 28.0 Å². The van der Waals surface area contributed by atoms with Gasteiger partial charge in [-0.2, -0.15) is 0 Å². The lowest BCUT2D eigenvalue weighted by Crippen LogP contribution is -2.38. The molecule has 1 amide bonds. The van der Waals surface area contributed by atoms with Gasteiger partial charge in [0, 0.05) is 17.3 Å². The van der Waals surface area contributed by atoms with Crippen LogP contribution in [0.3, 0.4) is 0 Å². The van der Waals surface area contributed by atoms with Gasteiger partial charge in [-0.1, -0.05) is 48.5 Å². The summed E-state index contributed by atoms with van der Waals surface area (Å²) in [7, 11) is 0. The Morgan fingerprint density at radius 2 is 1.88 bits per heavy atom. The van der Waals surface area contributed by atoms with E-state index in [4.69, 9.17) is 10.5 Å². The zero-order valence-corrected chi connectivity index (χ0v) is 15.2. The average Bonchev–Trinajstić information content (AvgIpc) is 2.98. The molecule has 2 unspecified atom stereocenters. The number of para-hydroxylation sites is 1. The Hall–Kier alpha value is -2.59. The van der Waals surface area contributed by atoms with Gasteiger partial charge in [0.15, 0.2) is 0 Å². The highest BCUT2D eigenvalue weighted by atomic mass is 16.5. The summed E-state index contributed by atoms with van der Waals surface area (Å²) in [5, 5.41) is 1.19. The first-order valence-electron chi connectivity index (χ1n) is 9.11. The predicted molar refractivity (Wildman–Crippen MR) is 103 cm³/mol. The maximum atomic E-state index is 12.1. The van der Waals surface area contributed by atoms with Crippen LogP contribution in [-0.4, -0.2) is 17.1 Å². The second-order valence-corrected chi connectivity index (χ2v) is 7.28. The fourth-order valence-electron chi connectivity index (χ4n) is 4.26. The van der Waals surface area contributed by atoms with E-state index in [9.17, 15) is 4.79 Å². The van der Waals surface area contributed by atoms with Gasteiger partial charge in [-0.3, -0.25) is 4.79 Å². The Labute approximate surface area is 153 Å². The maximum Gasteiger partial charge on any atom is 0.240 e. The molecule has 0 bridgehead atoms. The molecule has 26 heavy (non-hydrogen) atoms. The highest BCUT2D eigenvalue weighted by Gasteiger charge is 2.39. The first-order chi connectivity index (χ1) is 12.5. The van der Waals surface area contributed by atoms with E-state index in [1.54, 1.807) is 0 Å². The number of amides is 1. The topological polar surface area (TPSA) is 57.2 Å². The number of benzene rings is 2. The molecule has 4 nitrogen and oxygen atoms in total. The molecular weight excluding hydrogens is 324 g/mol. The number of nitrogens with zero attached hydrogens (tertiary/aromatic N) is 1. The summed E-state index contributed by atoms with van der Waals surface area (Å²) in [6.07, 6.45) is 1.60. The van der Waals surface area contributed by atoms with Crippen LogP contribution >= 0.6 is 0 Å². The van der Waals surface area contributed by atoms with Crippen LogP contribution in [0, 0.1) is 0 Å². The number of primary amides is 1. The van der Waals surface area contributed by atoms with Gasteiger partial charge >= 0.3 is 0 Å². The van der Waals surface area contributed by atoms with Gasteiger partial charge in [0.25, 0.3) is 0 Å². The molecule has 4 heteroatoms. The Morgan fingerprint density at radius 3 is 2.62 bits per heavy atom. The van der Waals surface area contributed by atoms with Crippen molar-refractivity contribution in [3.63, 3.8) is 0 Å². The van der Waals surface area contributed by atoms with Crippen molar-refractivity contribution < 1.29 is 9.53 Å². The summed E-state index contributed by atoms with van der Waals surface area (Å²) in [6, 6.07) is 18.2. The van der Waals surface area contributed by atoms with Crippen molar-refractivity contribution in [2.45, 2.75) is 38.3 Å². The Balaban J connectivity index is 1.95. The number of hydrogen-bond acceptors (Lipinski definition) is 2. The van der Waals surface area contributed by atoms with Gasteiger partial charge in [-0.25, -0.2) is 0 Å². The van der Waals surface area contributed by atoms with Gasteiger partial charge in [-0.05, 0) is 37.5 Å². The van der Waals surface area contributed by atoms with Gasteiger partial charge in [0.2, 0.25) is 5.91 Å². The number of carbonyl (C=O) groups is 1. The zero-order valence-electron chi connectivity index (χ0n) is 15.2. The standard InChI is InChI=1S/C22H24N2O2/c1-15(21(23)25)24-19-11-7-6-10-17(19)18-12-13-26-22(2,20(18)24)14-16-8-4-3-5-9-16/h3-11,15H,12-14H2,1-2H3,(H2,23,25). The van der Waals surface area contributed by atoms with E-state index in [1.165, 1.54) is 16.5 Å². The zero-order chi connectivity index (χ0) is 18.3. The first-order valence-corrected chi connectivity index (χ1v) is 9.11. The third kappa shape index (κ3) is 2.61. The molecule has 0 saturated heterocycles. The van der Waals surface area contributed by atoms with Crippen molar-refractivity contribution in [3.05, 3.63) is 71.4 Å². The molecule has 0 radical (unpaired) electrons. The van der Waals surface area contributed by atoms with Crippen molar-refractivity contribution in [1.29, 1.82) is 0 Å². The predicted octanol–water partition coefficient (Wildman–Crippen LogP) is 3.72. The van der Waals surface area contributed by atoms with E-state index in [2.05, 4.69) is 35.8 Å².